The highest BCUT2D eigenvalue weighted by atomic mass is 35.5. The largest absolute Gasteiger partial charge is 0.355 e. The van der Waals surface area contributed by atoms with E-state index in [4.69, 9.17) is 5.73 Å². The summed E-state index contributed by atoms with van der Waals surface area (Å²) in [6.07, 6.45) is 0. The Morgan fingerprint density at radius 3 is 2.24 bits per heavy atom. The summed E-state index contributed by atoms with van der Waals surface area (Å²) in [6, 6.07) is -0.215. The minimum absolute atomic E-state index is 0. The van der Waals surface area contributed by atoms with Gasteiger partial charge in [-0.25, -0.2) is 13.1 Å². The molecule has 8 heteroatoms. The lowest BCUT2D eigenvalue weighted by atomic mass is 10.0. The van der Waals surface area contributed by atoms with E-state index < -0.39 is 10.0 Å². The molecule has 1 amide bonds. The molecule has 0 aromatic rings. The topological polar surface area (TPSA) is 101 Å². The van der Waals surface area contributed by atoms with Crippen LogP contribution in [0.2, 0.25) is 0 Å². The number of nitrogens with one attached hydrogen (secondary N) is 2. The van der Waals surface area contributed by atoms with Crippen LogP contribution in [0.4, 0.5) is 0 Å². The van der Waals surface area contributed by atoms with Crippen molar-refractivity contribution in [2.75, 3.05) is 18.8 Å². The molecule has 0 aliphatic rings. The highest BCUT2D eigenvalue weighted by Crippen LogP contribution is 1.98. The van der Waals surface area contributed by atoms with Crippen LogP contribution in [-0.4, -0.2) is 39.2 Å². The van der Waals surface area contributed by atoms with Gasteiger partial charge < -0.3 is 11.1 Å². The first-order chi connectivity index (χ1) is 7.30. The third kappa shape index (κ3) is 8.37. The minimum atomic E-state index is -3.18. The molecule has 0 aromatic carbocycles. The van der Waals surface area contributed by atoms with Gasteiger partial charge in [0.15, 0.2) is 0 Å². The Morgan fingerprint density at radius 1 is 1.29 bits per heavy atom. The Kier molecular flexibility index (Phi) is 9.69. The second-order valence-electron chi connectivity index (χ2n) is 3.74. The summed E-state index contributed by atoms with van der Waals surface area (Å²) in [4.78, 5) is 11.4. The Morgan fingerprint density at radius 2 is 1.82 bits per heavy atom. The summed E-state index contributed by atoms with van der Waals surface area (Å²) in [5, 5.41) is 2.61. The molecule has 2 unspecified atom stereocenters. The molecule has 4 N–H and O–H groups in total. The first-order valence-corrected chi connectivity index (χ1v) is 6.96. The highest BCUT2D eigenvalue weighted by molar-refractivity contribution is 7.89. The van der Waals surface area contributed by atoms with E-state index in [1.165, 1.54) is 0 Å². The quantitative estimate of drug-likeness (QED) is 0.547. The fourth-order valence-electron chi connectivity index (χ4n) is 0.894. The van der Waals surface area contributed by atoms with Crippen molar-refractivity contribution < 1.29 is 13.2 Å². The summed E-state index contributed by atoms with van der Waals surface area (Å²) in [5.74, 6) is -0.398. The zero-order valence-corrected chi connectivity index (χ0v) is 12.0. The van der Waals surface area contributed by atoms with Crippen LogP contribution in [0.25, 0.3) is 0 Å². The molecule has 0 bridgehead atoms. The van der Waals surface area contributed by atoms with Crippen LogP contribution in [-0.2, 0) is 14.8 Å². The molecule has 104 valence electrons. The van der Waals surface area contributed by atoms with Crippen LogP contribution >= 0.6 is 12.4 Å². The van der Waals surface area contributed by atoms with Crippen molar-refractivity contribution in [1.82, 2.24) is 10.0 Å². The van der Waals surface area contributed by atoms with Crippen molar-refractivity contribution in [1.29, 1.82) is 0 Å². The second-order valence-corrected chi connectivity index (χ2v) is 5.83. The Hall–Kier alpha value is -0.370. The number of amides is 1. The highest BCUT2D eigenvalue weighted by Gasteiger charge is 2.16. The fraction of sp³-hybridized carbons (Fsp3) is 0.889. The lowest BCUT2D eigenvalue weighted by molar-refractivity contribution is -0.124. The van der Waals surface area contributed by atoms with Crippen LogP contribution in [0.3, 0.4) is 0 Å². The molecule has 17 heavy (non-hydrogen) atoms. The summed E-state index contributed by atoms with van der Waals surface area (Å²) < 4.78 is 24.4. The van der Waals surface area contributed by atoms with E-state index in [9.17, 15) is 13.2 Å². The second kappa shape index (κ2) is 8.68. The predicted molar refractivity (Wildman–Crippen MR) is 70.5 cm³/mol. The summed E-state index contributed by atoms with van der Waals surface area (Å²) in [7, 11) is -3.18. The van der Waals surface area contributed by atoms with Crippen LogP contribution in [0.1, 0.15) is 20.8 Å². The van der Waals surface area contributed by atoms with Crippen molar-refractivity contribution in [2.45, 2.75) is 26.8 Å². The van der Waals surface area contributed by atoms with Crippen molar-refractivity contribution in [3.05, 3.63) is 0 Å². The summed E-state index contributed by atoms with van der Waals surface area (Å²) >= 11 is 0. The molecular formula is C9H22ClN3O3S. The molecule has 0 aliphatic heterocycles. The molecule has 0 saturated carbocycles. The number of rotatable bonds is 7. The number of halogens is 1. The third-order valence-corrected chi connectivity index (χ3v) is 3.73. The van der Waals surface area contributed by atoms with Gasteiger partial charge in [0.1, 0.15) is 0 Å². The zero-order chi connectivity index (χ0) is 12.8. The van der Waals surface area contributed by atoms with Crippen LogP contribution in [0.5, 0.6) is 0 Å². The maximum Gasteiger partial charge on any atom is 0.224 e. The smallest absolute Gasteiger partial charge is 0.224 e. The van der Waals surface area contributed by atoms with Gasteiger partial charge in [0, 0.05) is 25.0 Å². The lowest BCUT2D eigenvalue weighted by Crippen LogP contribution is -2.41. The van der Waals surface area contributed by atoms with Crippen LogP contribution in [0, 0.1) is 5.92 Å². The average Bonchev–Trinajstić information content (AvgIpc) is 2.22. The van der Waals surface area contributed by atoms with Gasteiger partial charge in [-0.05, 0) is 13.8 Å². The Balaban J connectivity index is 0. The zero-order valence-electron chi connectivity index (χ0n) is 10.4. The molecule has 0 heterocycles. The normalized spacial score (nSPS) is 14.6. The number of nitrogens with two attached hydrogens (primary N) is 1. The number of hydrogen-bond acceptors (Lipinski definition) is 4. The third-order valence-electron chi connectivity index (χ3n) is 2.33. The molecule has 0 rings (SSSR count). The number of carbonyl (C=O) groups is 1. The first kappa shape index (κ1) is 19.0. The predicted octanol–water partition coefficient (Wildman–Crippen LogP) is -0.553. The molecule has 0 fully saturated rings. The maximum atomic E-state index is 11.4. The van der Waals surface area contributed by atoms with E-state index in [0.717, 1.165) is 0 Å². The summed E-state index contributed by atoms with van der Waals surface area (Å²) in [5.41, 5.74) is 5.56. The molecule has 6 nitrogen and oxygen atoms in total. The van der Waals surface area contributed by atoms with Gasteiger partial charge in [-0.1, -0.05) is 6.92 Å². The van der Waals surface area contributed by atoms with Gasteiger partial charge in [-0.3, -0.25) is 4.79 Å². The minimum Gasteiger partial charge on any atom is -0.355 e. The fourth-order valence-corrected chi connectivity index (χ4v) is 1.51. The van der Waals surface area contributed by atoms with Gasteiger partial charge in [0.2, 0.25) is 15.9 Å². The van der Waals surface area contributed by atoms with E-state index in [0.29, 0.717) is 0 Å². The van der Waals surface area contributed by atoms with Crippen LogP contribution < -0.4 is 15.8 Å². The van der Waals surface area contributed by atoms with Gasteiger partial charge in [0.25, 0.3) is 0 Å². The molecule has 0 radical (unpaired) electrons. The monoisotopic (exact) mass is 287 g/mol. The SMILES string of the molecule is CCS(=O)(=O)NCCNC(=O)C(C)C(C)N.Cl. The van der Waals surface area contributed by atoms with Crippen LogP contribution in [0.15, 0.2) is 0 Å². The number of sulfonamides is 1. The summed E-state index contributed by atoms with van der Waals surface area (Å²) in [6.45, 7) is 5.52. The molecular weight excluding hydrogens is 266 g/mol. The molecule has 2 atom stereocenters. The van der Waals surface area contributed by atoms with E-state index in [1.807, 2.05) is 0 Å². The van der Waals surface area contributed by atoms with E-state index in [-0.39, 0.29) is 49.1 Å². The van der Waals surface area contributed by atoms with Crippen molar-refractivity contribution in [3.63, 3.8) is 0 Å². The first-order valence-electron chi connectivity index (χ1n) is 5.30. The van der Waals surface area contributed by atoms with E-state index in [2.05, 4.69) is 10.0 Å². The molecule has 0 saturated heterocycles. The average molecular weight is 288 g/mol. The molecule has 0 spiro atoms. The van der Waals surface area contributed by atoms with E-state index in [1.54, 1.807) is 20.8 Å². The van der Waals surface area contributed by atoms with Crippen molar-refractivity contribution in [3.8, 4) is 0 Å². The van der Waals surface area contributed by atoms with E-state index >= 15 is 0 Å². The van der Waals surface area contributed by atoms with Gasteiger partial charge in [-0.2, -0.15) is 0 Å². The van der Waals surface area contributed by atoms with Gasteiger partial charge in [-0.15, -0.1) is 12.4 Å². The van der Waals surface area contributed by atoms with Crippen molar-refractivity contribution in [2.24, 2.45) is 11.7 Å². The lowest BCUT2D eigenvalue weighted by Gasteiger charge is -2.15. The number of hydrogen-bond donors (Lipinski definition) is 3. The standard InChI is InChI=1S/C9H21N3O3S.ClH/c1-4-16(14,15)12-6-5-11-9(13)7(2)8(3)10;/h7-8,12H,4-6,10H2,1-3H3,(H,11,13);1H. The van der Waals surface area contributed by atoms with Crippen molar-refractivity contribution >= 4 is 28.3 Å². The van der Waals surface area contributed by atoms with Gasteiger partial charge >= 0.3 is 0 Å². The molecule has 0 aliphatic carbocycles. The maximum absolute atomic E-state index is 11.4. The number of carbonyl (C=O) groups excluding carboxylic acids is 1. The van der Waals surface area contributed by atoms with Gasteiger partial charge in [0.05, 0.1) is 5.75 Å². The Bertz CT molecular complexity index is 319. The Labute approximate surface area is 109 Å². The molecule has 0 aromatic heterocycles.